The lowest BCUT2D eigenvalue weighted by Gasteiger charge is -2.15. The van der Waals surface area contributed by atoms with E-state index in [0.717, 1.165) is 12.1 Å². The van der Waals surface area contributed by atoms with Gasteiger partial charge in [-0.1, -0.05) is 24.3 Å². The first-order chi connectivity index (χ1) is 16.4. The second-order valence-corrected chi connectivity index (χ2v) is 6.80. The van der Waals surface area contributed by atoms with Crippen molar-refractivity contribution in [2.45, 2.75) is 25.7 Å². The normalized spacial score (nSPS) is 9.88. The minimum absolute atomic E-state index is 0.0117. The van der Waals surface area contributed by atoms with E-state index in [0.29, 0.717) is 25.7 Å². The van der Waals surface area contributed by atoms with Gasteiger partial charge in [0.15, 0.2) is 0 Å². The van der Waals surface area contributed by atoms with Crippen LogP contribution in [0.5, 0.6) is 0 Å². The predicted octanol–water partition coefficient (Wildman–Crippen LogP) is 4.62. The molecule has 0 saturated carbocycles. The van der Waals surface area contributed by atoms with Crippen LogP contribution in [0.25, 0.3) is 0 Å². The zero-order valence-corrected chi connectivity index (χ0v) is 19.2. The van der Waals surface area contributed by atoms with E-state index < -0.39 is 23.9 Å². The third kappa shape index (κ3) is 8.90. The second-order valence-electron chi connectivity index (χ2n) is 6.80. The van der Waals surface area contributed by atoms with Gasteiger partial charge in [-0.05, 0) is 37.8 Å². The lowest BCUT2D eigenvalue weighted by Crippen LogP contribution is -2.21. The third-order valence-corrected chi connectivity index (χ3v) is 4.26. The van der Waals surface area contributed by atoms with Gasteiger partial charge in [0.05, 0.1) is 48.7 Å². The summed E-state index contributed by atoms with van der Waals surface area (Å²) in [6, 6.07) is 2.17. The molecule has 1 aromatic rings. The number of esters is 4. The maximum Gasteiger partial charge on any atom is 0.339 e. The third-order valence-electron chi connectivity index (χ3n) is 4.26. The molecule has 0 fully saturated rings. The summed E-state index contributed by atoms with van der Waals surface area (Å²) in [5.41, 5.74) is -0.978. The molecule has 0 atom stereocenters. The fourth-order valence-corrected chi connectivity index (χ4v) is 2.53. The van der Waals surface area contributed by atoms with Gasteiger partial charge in [-0.15, -0.1) is 26.3 Å². The smallest absolute Gasteiger partial charge is 0.339 e. The topological polar surface area (TPSA) is 105 Å². The molecule has 0 saturated heterocycles. The molecule has 0 radical (unpaired) electrons. The molecule has 0 aliphatic carbocycles. The molecule has 34 heavy (non-hydrogen) atoms. The summed E-state index contributed by atoms with van der Waals surface area (Å²) >= 11 is 0. The van der Waals surface area contributed by atoms with Crippen molar-refractivity contribution in [3.8, 4) is 0 Å². The molecule has 182 valence electrons. The minimum Gasteiger partial charge on any atom is -0.462 e. The van der Waals surface area contributed by atoms with Crippen LogP contribution in [0.2, 0.25) is 0 Å². The summed E-state index contributed by atoms with van der Waals surface area (Å²) in [4.78, 5) is 50.9. The summed E-state index contributed by atoms with van der Waals surface area (Å²) in [6.07, 6.45) is 7.77. The zero-order valence-electron chi connectivity index (χ0n) is 19.2. The molecule has 8 nitrogen and oxygen atoms in total. The first-order valence-electron chi connectivity index (χ1n) is 10.7. The average molecular weight is 471 g/mol. The highest BCUT2D eigenvalue weighted by molar-refractivity contribution is 6.10. The Morgan fingerprint density at radius 2 is 0.706 bits per heavy atom. The molecule has 0 heterocycles. The summed E-state index contributed by atoms with van der Waals surface area (Å²) in [5.74, 6) is -3.48. The van der Waals surface area contributed by atoms with Gasteiger partial charge in [0, 0.05) is 0 Å². The molecule has 8 heteroatoms. The molecule has 0 aliphatic heterocycles. The quantitative estimate of drug-likeness (QED) is 0.149. The number of carbonyl (C=O) groups is 4. The van der Waals surface area contributed by atoms with Crippen LogP contribution < -0.4 is 0 Å². The van der Waals surface area contributed by atoms with Crippen molar-refractivity contribution in [2.75, 3.05) is 26.4 Å². The first kappa shape index (κ1) is 28.1. The second kappa shape index (κ2) is 15.8. The van der Waals surface area contributed by atoms with Crippen molar-refractivity contribution < 1.29 is 38.1 Å². The predicted molar refractivity (Wildman–Crippen MR) is 127 cm³/mol. The first-order valence-corrected chi connectivity index (χ1v) is 10.7. The van der Waals surface area contributed by atoms with Gasteiger partial charge in [0.1, 0.15) is 0 Å². The number of benzene rings is 1. The van der Waals surface area contributed by atoms with Gasteiger partial charge in [0.2, 0.25) is 0 Å². The highest BCUT2D eigenvalue weighted by Gasteiger charge is 2.28. The molecule has 0 bridgehead atoms. The van der Waals surface area contributed by atoms with Crippen LogP contribution >= 0.6 is 0 Å². The van der Waals surface area contributed by atoms with Gasteiger partial charge >= 0.3 is 23.9 Å². The Morgan fingerprint density at radius 3 is 0.882 bits per heavy atom. The van der Waals surface area contributed by atoms with Crippen LogP contribution in [0, 0.1) is 0 Å². The highest BCUT2D eigenvalue weighted by Crippen LogP contribution is 2.22. The van der Waals surface area contributed by atoms with Gasteiger partial charge in [0.25, 0.3) is 0 Å². The van der Waals surface area contributed by atoms with Crippen LogP contribution in [0.4, 0.5) is 0 Å². The number of rotatable bonds is 16. The Kier molecular flexibility index (Phi) is 13.1. The van der Waals surface area contributed by atoms with Gasteiger partial charge in [-0.3, -0.25) is 0 Å². The number of hydrogen-bond acceptors (Lipinski definition) is 8. The monoisotopic (exact) mass is 470 g/mol. The minimum atomic E-state index is -0.871. The fourth-order valence-electron chi connectivity index (χ4n) is 2.53. The van der Waals surface area contributed by atoms with Gasteiger partial charge < -0.3 is 18.9 Å². The molecular weight excluding hydrogens is 440 g/mol. The van der Waals surface area contributed by atoms with E-state index in [-0.39, 0.29) is 48.7 Å². The van der Waals surface area contributed by atoms with E-state index in [1.54, 1.807) is 24.3 Å². The number of hydrogen-bond donors (Lipinski definition) is 0. The van der Waals surface area contributed by atoms with Crippen molar-refractivity contribution in [3.63, 3.8) is 0 Å². The molecule has 0 spiro atoms. The van der Waals surface area contributed by atoms with E-state index in [9.17, 15) is 19.2 Å². The number of carbonyl (C=O) groups excluding carboxylic acids is 4. The van der Waals surface area contributed by atoms with Crippen LogP contribution in [0.3, 0.4) is 0 Å². The Morgan fingerprint density at radius 1 is 0.500 bits per heavy atom. The van der Waals surface area contributed by atoms with Crippen molar-refractivity contribution in [3.05, 3.63) is 85.0 Å². The molecular formula is C26H30O8. The average Bonchev–Trinajstić information content (AvgIpc) is 2.83. The van der Waals surface area contributed by atoms with Crippen molar-refractivity contribution in [2.24, 2.45) is 0 Å². The Hall–Kier alpha value is -3.94. The van der Waals surface area contributed by atoms with E-state index >= 15 is 0 Å². The molecule has 0 aliphatic rings. The van der Waals surface area contributed by atoms with E-state index in [1.165, 1.54) is 0 Å². The molecule has 1 rings (SSSR count). The summed E-state index contributed by atoms with van der Waals surface area (Å²) in [7, 11) is 0. The molecule has 0 N–H and O–H groups in total. The largest absolute Gasteiger partial charge is 0.462 e. The summed E-state index contributed by atoms with van der Waals surface area (Å²) in [6.45, 7) is 14.3. The summed E-state index contributed by atoms with van der Waals surface area (Å²) in [5, 5.41) is 0. The SMILES string of the molecule is C=CCCOC(=O)c1cc(C(=O)OCCC=C)c(C(=O)OCCC=C)cc1C(=O)OCCC=C. The summed E-state index contributed by atoms with van der Waals surface area (Å²) < 4.78 is 20.7. The van der Waals surface area contributed by atoms with Crippen molar-refractivity contribution >= 4 is 23.9 Å². The van der Waals surface area contributed by atoms with Crippen LogP contribution in [0.15, 0.2) is 62.8 Å². The Bertz CT molecular complexity index is 783. The fraction of sp³-hybridized carbons (Fsp3) is 0.308. The lowest BCUT2D eigenvalue weighted by molar-refractivity contribution is 0.0448. The van der Waals surface area contributed by atoms with Crippen LogP contribution in [0.1, 0.15) is 67.1 Å². The molecule has 1 aromatic carbocycles. The maximum absolute atomic E-state index is 12.7. The van der Waals surface area contributed by atoms with E-state index in [2.05, 4.69) is 26.3 Å². The lowest BCUT2D eigenvalue weighted by atomic mass is 9.97. The maximum atomic E-state index is 12.7. The van der Waals surface area contributed by atoms with Crippen molar-refractivity contribution in [1.82, 2.24) is 0 Å². The molecule has 0 amide bonds. The number of ether oxygens (including phenoxy) is 4. The van der Waals surface area contributed by atoms with Gasteiger partial charge in [-0.2, -0.15) is 0 Å². The van der Waals surface area contributed by atoms with Crippen LogP contribution in [-0.2, 0) is 18.9 Å². The van der Waals surface area contributed by atoms with Crippen LogP contribution in [-0.4, -0.2) is 50.3 Å². The van der Waals surface area contributed by atoms with Gasteiger partial charge in [-0.25, -0.2) is 19.2 Å². The standard InChI is InChI=1S/C26H30O8/c1-5-9-13-31-23(27)19-17-21(25(29)33-15-11-7-3)22(26(30)34-16-12-8-4)18-20(19)24(28)32-14-10-6-2/h5-8,17-18H,1-4,9-16H2. The highest BCUT2D eigenvalue weighted by atomic mass is 16.5. The Labute approximate surface area is 199 Å². The molecule has 0 aromatic heterocycles. The van der Waals surface area contributed by atoms with E-state index in [1.807, 2.05) is 0 Å². The zero-order chi connectivity index (χ0) is 25.3. The van der Waals surface area contributed by atoms with E-state index in [4.69, 9.17) is 18.9 Å². The van der Waals surface area contributed by atoms with Crippen molar-refractivity contribution in [1.29, 1.82) is 0 Å². The molecule has 0 unspecified atom stereocenters. The Balaban J connectivity index is 3.51.